The number of aliphatic hydroxyl groups is 1. The summed E-state index contributed by atoms with van der Waals surface area (Å²) >= 11 is 0. The van der Waals surface area contributed by atoms with Gasteiger partial charge in [0.1, 0.15) is 0 Å². The fourth-order valence-electron chi connectivity index (χ4n) is 4.17. The maximum atomic E-state index is 12.9. The van der Waals surface area contributed by atoms with Crippen LogP contribution < -0.4 is 10.6 Å². The first kappa shape index (κ1) is 26.8. The van der Waals surface area contributed by atoms with Crippen molar-refractivity contribution in [3.05, 3.63) is 52.3 Å². The van der Waals surface area contributed by atoms with Crippen LogP contribution in [0.5, 0.6) is 0 Å². The van der Waals surface area contributed by atoms with Crippen molar-refractivity contribution in [2.75, 3.05) is 32.9 Å². The van der Waals surface area contributed by atoms with Crippen LogP contribution in [0, 0.1) is 5.92 Å². The van der Waals surface area contributed by atoms with Crippen molar-refractivity contribution in [3.63, 3.8) is 0 Å². The Hall–Kier alpha value is -2.75. The number of aryl methyl sites for hydroxylation is 1. The van der Waals surface area contributed by atoms with Crippen LogP contribution in [0.2, 0.25) is 0 Å². The molecule has 2 amide bonds. The molecular weight excluding hydrogens is 448 g/mol. The zero-order valence-corrected chi connectivity index (χ0v) is 21.0. The van der Waals surface area contributed by atoms with E-state index in [0.29, 0.717) is 62.4 Å². The first-order chi connectivity index (χ1) is 16.9. The van der Waals surface area contributed by atoms with Gasteiger partial charge in [0.15, 0.2) is 6.29 Å². The quantitative estimate of drug-likeness (QED) is 0.470. The van der Waals surface area contributed by atoms with Gasteiger partial charge in [-0.25, -0.2) is 0 Å². The molecule has 0 radical (unpaired) electrons. The summed E-state index contributed by atoms with van der Waals surface area (Å²) in [7, 11) is 0. The van der Waals surface area contributed by atoms with Crippen molar-refractivity contribution in [1.29, 1.82) is 0 Å². The molecule has 0 spiro atoms. The molecule has 0 fully saturated rings. The summed E-state index contributed by atoms with van der Waals surface area (Å²) in [6.45, 7) is 9.14. The van der Waals surface area contributed by atoms with Gasteiger partial charge >= 0.3 is 0 Å². The normalized spacial score (nSPS) is 16.5. The standard InChI is InChI=1S/C26H38N4O5/c1-4-21-23-22(11-7-13-34-14-8-12-28-25(23)32)30(29-21)16-18(3)17-35-26(33)20-10-6-9-19(15-20)24(31)27-5-2/h6,9-10,15,18,26,33H,4-5,7-8,11-14,16-17H2,1-3H3,(H,27,31)(H,28,32)/t18-,26?/m1/s1. The first-order valence-corrected chi connectivity index (χ1v) is 12.6. The number of aliphatic hydroxyl groups excluding tert-OH is 1. The summed E-state index contributed by atoms with van der Waals surface area (Å²) in [5, 5.41) is 21.1. The Bertz CT molecular complexity index is 990. The Morgan fingerprint density at radius 3 is 2.89 bits per heavy atom. The van der Waals surface area contributed by atoms with Crippen molar-refractivity contribution in [1.82, 2.24) is 20.4 Å². The number of benzene rings is 1. The van der Waals surface area contributed by atoms with E-state index in [1.807, 2.05) is 25.5 Å². The molecule has 0 bridgehead atoms. The molecule has 9 nitrogen and oxygen atoms in total. The van der Waals surface area contributed by atoms with Crippen molar-refractivity contribution in [3.8, 4) is 0 Å². The van der Waals surface area contributed by atoms with E-state index < -0.39 is 6.29 Å². The van der Waals surface area contributed by atoms with Crippen molar-refractivity contribution >= 4 is 11.8 Å². The van der Waals surface area contributed by atoms with E-state index in [-0.39, 0.29) is 24.3 Å². The Balaban J connectivity index is 1.67. The second-order valence-electron chi connectivity index (χ2n) is 8.91. The van der Waals surface area contributed by atoms with Crippen LogP contribution in [-0.2, 0) is 28.9 Å². The maximum absolute atomic E-state index is 12.9. The molecule has 1 aromatic heterocycles. The summed E-state index contributed by atoms with van der Waals surface area (Å²) < 4.78 is 13.3. The lowest BCUT2D eigenvalue weighted by atomic mass is 10.1. The van der Waals surface area contributed by atoms with Crippen molar-refractivity contribution in [2.24, 2.45) is 5.92 Å². The molecule has 0 saturated carbocycles. The van der Waals surface area contributed by atoms with Crippen molar-refractivity contribution < 1.29 is 24.2 Å². The summed E-state index contributed by atoms with van der Waals surface area (Å²) in [5.41, 5.74) is 3.41. The Morgan fingerprint density at radius 1 is 1.31 bits per heavy atom. The van der Waals surface area contributed by atoms with Gasteiger partial charge in [0.2, 0.25) is 0 Å². The summed E-state index contributed by atoms with van der Waals surface area (Å²) in [6, 6.07) is 6.80. The number of nitrogens with one attached hydrogen (secondary N) is 2. The molecule has 1 aromatic carbocycles. The van der Waals surface area contributed by atoms with Crippen molar-refractivity contribution in [2.45, 2.75) is 59.3 Å². The molecule has 1 aliphatic heterocycles. The number of ether oxygens (including phenoxy) is 2. The molecule has 2 aromatic rings. The highest BCUT2D eigenvalue weighted by atomic mass is 16.6. The van der Waals surface area contributed by atoms with E-state index in [0.717, 1.165) is 24.2 Å². The second kappa shape index (κ2) is 13.4. The first-order valence-electron chi connectivity index (χ1n) is 12.6. The zero-order valence-electron chi connectivity index (χ0n) is 21.0. The number of aromatic nitrogens is 2. The van der Waals surface area contributed by atoms with Crippen LogP contribution in [0.1, 0.15) is 77.6 Å². The maximum Gasteiger partial charge on any atom is 0.255 e. The summed E-state index contributed by atoms with van der Waals surface area (Å²) in [5.74, 6) is -0.229. The van der Waals surface area contributed by atoms with E-state index >= 15 is 0 Å². The van der Waals surface area contributed by atoms with Gasteiger partial charge in [0, 0.05) is 44.0 Å². The fraction of sp³-hybridized carbons (Fsp3) is 0.577. The topological polar surface area (TPSA) is 115 Å². The molecule has 2 atom stereocenters. The number of fused-ring (bicyclic) bond motifs is 1. The lowest BCUT2D eigenvalue weighted by Gasteiger charge is -2.18. The molecule has 1 aliphatic rings. The molecule has 192 valence electrons. The van der Waals surface area contributed by atoms with E-state index in [4.69, 9.17) is 14.6 Å². The number of nitrogens with zero attached hydrogens (tertiary/aromatic N) is 2. The van der Waals surface area contributed by atoms with Crippen LogP contribution in [0.15, 0.2) is 24.3 Å². The van der Waals surface area contributed by atoms with Gasteiger partial charge in [-0.3, -0.25) is 14.3 Å². The molecule has 2 heterocycles. The Labute approximate surface area is 207 Å². The van der Waals surface area contributed by atoms with Crippen LogP contribution in [0.3, 0.4) is 0 Å². The summed E-state index contributed by atoms with van der Waals surface area (Å²) in [4.78, 5) is 25.0. The van der Waals surface area contributed by atoms with Gasteiger partial charge in [-0.2, -0.15) is 5.10 Å². The Kier molecular flexibility index (Phi) is 10.3. The number of hydrogen-bond acceptors (Lipinski definition) is 6. The molecule has 35 heavy (non-hydrogen) atoms. The number of hydrogen-bond donors (Lipinski definition) is 3. The van der Waals surface area contributed by atoms with Gasteiger partial charge in [-0.1, -0.05) is 26.0 Å². The molecular formula is C26H38N4O5. The minimum Gasteiger partial charge on any atom is -0.381 e. The smallest absolute Gasteiger partial charge is 0.255 e. The highest BCUT2D eigenvalue weighted by Gasteiger charge is 2.24. The largest absolute Gasteiger partial charge is 0.381 e. The lowest BCUT2D eigenvalue weighted by molar-refractivity contribution is -0.113. The van der Waals surface area contributed by atoms with Crippen LogP contribution in [0.25, 0.3) is 0 Å². The van der Waals surface area contributed by atoms with E-state index in [1.165, 1.54) is 0 Å². The predicted octanol–water partition coefficient (Wildman–Crippen LogP) is 2.62. The number of carbonyl (C=O) groups is 2. The summed E-state index contributed by atoms with van der Waals surface area (Å²) in [6.07, 6.45) is 1.85. The lowest BCUT2D eigenvalue weighted by Crippen LogP contribution is -2.27. The van der Waals surface area contributed by atoms with Gasteiger partial charge in [0.05, 0.1) is 23.6 Å². The third-order valence-electron chi connectivity index (χ3n) is 5.94. The average molecular weight is 487 g/mol. The van der Waals surface area contributed by atoms with Gasteiger partial charge in [-0.15, -0.1) is 0 Å². The third-order valence-corrected chi connectivity index (χ3v) is 5.94. The highest BCUT2D eigenvalue weighted by molar-refractivity contribution is 5.96. The minimum atomic E-state index is -1.14. The molecule has 3 N–H and O–H groups in total. The predicted molar refractivity (Wildman–Crippen MR) is 132 cm³/mol. The monoisotopic (exact) mass is 486 g/mol. The van der Waals surface area contributed by atoms with Crippen LogP contribution >= 0.6 is 0 Å². The molecule has 0 aliphatic carbocycles. The SMILES string of the molecule is CCNC(=O)c1cccc(C(O)OC[C@H](C)Cn2nc(CC)c3c2CCCOCCCNC3=O)c1. The molecule has 0 saturated heterocycles. The minimum absolute atomic E-state index is 0.0300. The van der Waals surface area contributed by atoms with E-state index in [9.17, 15) is 14.7 Å². The van der Waals surface area contributed by atoms with E-state index in [2.05, 4.69) is 10.6 Å². The van der Waals surface area contributed by atoms with Gasteiger partial charge in [-0.05, 0) is 50.7 Å². The molecule has 3 rings (SSSR count). The van der Waals surface area contributed by atoms with Gasteiger partial charge in [0.25, 0.3) is 11.8 Å². The Morgan fingerprint density at radius 2 is 2.11 bits per heavy atom. The number of carbonyl (C=O) groups excluding carboxylic acids is 2. The zero-order chi connectivity index (χ0) is 25.2. The van der Waals surface area contributed by atoms with E-state index in [1.54, 1.807) is 24.3 Å². The number of amides is 2. The second-order valence-corrected chi connectivity index (χ2v) is 8.91. The van der Waals surface area contributed by atoms with Crippen LogP contribution in [0.4, 0.5) is 0 Å². The van der Waals surface area contributed by atoms with Crippen LogP contribution in [-0.4, -0.2) is 59.6 Å². The number of rotatable bonds is 9. The van der Waals surface area contributed by atoms with Gasteiger partial charge < -0.3 is 25.2 Å². The highest BCUT2D eigenvalue weighted by Crippen LogP contribution is 2.21. The fourth-order valence-corrected chi connectivity index (χ4v) is 4.17. The molecule has 9 heteroatoms. The average Bonchev–Trinajstić information content (AvgIpc) is 3.19. The third kappa shape index (κ3) is 7.37. The molecule has 1 unspecified atom stereocenters.